The number of likely N-dealkylation sites (tertiary alicyclic amines) is 1. The average Bonchev–Trinajstić information content (AvgIpc) is 3.02. The van der Waals surface area contributed by atoms with E-state index in [2.05, 4.69) is 57.6 Å². The molecule has 1 N–H and O–H groups in total. The fourth-order valence-electron chi connectivity index (χ4n) is 4.07. The molecule has 3 heterocycles. The molecule has 0 saturated carbocycles. The maximum atomic E-state index is 12.7. The van der Waals surface area contributed by atoms with Gasteiger partial charge in [0.15, 0.2) is 5.65 Å². The molecule has 3 aromatic rings. The van der Waals surface area contributed by atoms with E-state index in [0.29, 0.717) is 11.6 Å². The summed E-state index contributed by atoms with van der Waals surface area (Å²) in [4.78, 5) is 19.6. The van der Waals surface area contributed by atoms with Crippen LogP contribution in [-0.2, 0) is 7.05 Å². The first-order valence-electron chi connectivity index (χ1n) is 9.92. The van der Waals surface area contributed by atoms with E-state index in [4.69, 9.17) is 0 Å². The van der Waals surface area contributed by atoms with Gasteiger partial charge in [0.1, 0.15) is 0 Å². The number of rotatable bonds is 4. The first kappa shape index (κ1) is 18.6. The zero-order valence-electron chi connectivity index (χ0n) is 16.7. The van der Waals surface area contributed by atoms with Gasteiger partial charge in [-0.2, -0.15) is 5.10 Å². The number of hydrogen-bond donors (Lipinski definition) is 1. The summed E-state index contributed by atoms with van der Waals surface area (Å²) in [6.07, 6.45) is 3.57. The zero-order valence-corrected chi connectivity index (χ0v) is 16.7. The molecule has 1 saturated heterocycles. The number of aryl methyl sites for hydroxylation is 2. The molecule has 1 aromatic carbocycles. The Kier molecular flexibility index (Phi) is 5.13. The third kappa shape index (κ3) is 3.64. The monoisotopic (exact) mass is 377 g/mol. The topological polar surface area (TPSA) is 63.1 Å². The molecule has 6 heteroatoms. The number of amides is 1. The number of nitrogens with zero attached hydrogens (tertiary/aromatic N) is 4. The second-order valence-electron chi connectivity index (χ2n) is 7.67. The highest BCUT2D eigenvalue weighted by molar-refractivity contribution is 5.97. The van der Waals surface area contributed by atoms with E-state index in [1.807, 2.05) is 20.0 Å². The summed E-state index contributed by atoms with van der Waals surface area (Å²) < 4.78 is 1.75. The molecule has 0 unspecified atom stereocenters. The van der Waals surface area contributed by atoms with Crippen molar-refractivity contribution in [3.8, 4) is 0 Å². The van der Waals surface area contributed by atoms with Gasteiger partial charge >= 0.3 is 0 Å². The lowest BCUT2D eigenvalue weighted by atomic mass is 10.00. The van der Waals surface area contributed by atoms with Gasteiger partial charge in [-0.25, -0.2) is 4.98 Å². The Balaban J connectivity index is 1.37. The van der Waals surface area contributed by atoms with E-state index in [1.165, 1.54) is 5.56 Å². The van der Waals surface area contributed by atoms with Crippen molar-refractivity contribution in [3.63, 3.8) is 0 Å². The minimum absolute atomic E-state index is 0.0489. The van der Waals surface area contributed by atoms with Crippen molar-refractivity contribution in [3.05, 3.63) is 59.4 Å². The van der Waals surface area contributed by atoms with Crippen LogP contribution in [0.25, 0.3) is 11.0 Å². The number of carbonyl (C=O) groups is 1. The summed E-state index contributed by atoms with van der Waals surface area (Å²) in [5.41, 5.74) is 3.64. The lowest BCUT2D eigenvalue weighted by Crippen LogP contribution is -2.45. The van der Waals surface area contributed by atoms with Gasteiger partial charge in [-0.15, -0.1) is 0 Å². The number of fused-ring (bicyclic) bond motifs is 1. The summed E-state index contributed by atoms with van der Waals surface area (Å²) in [6.45, 7) is 6.17. The van der Waals surface area contributed by atoms with E-state index in [-0.39, 0.29) is 11.9 Å². The molecule has 0 radical (unpaired) electrons. The molecule has 28 heavy (non-hydrogen) atoms. The van der Waals surface area contributed by atoms with Crippen LogP contribution < -0.4 is 5.32 Å². The number of pyridine rings is 1. The number of piperidine rings is 1. The van der Waals surface area contributed by atoms with Gasteiger partial charge in [-0.05, 0) is 38.3 Å². The molecule has 2 aromatic heterocycles. The van der Waals surface area contributed by atoms with Crippen molar-refractivity contribution < 1.29 is 4.79 Å². The molecule has 6 nitrogen and oxygen atoms in total. The smallest absolute Gasteiger partial charge is 0.253 e. The molecule has 0 aliphatic carbocycles. The van der Waals surface area contributed by atoms with E-state index < -0.39 is 0 Å². The van der Waals surface area contributed by atoms with Crippen molar-refractivity contribution in [2.75, 3.05) is 13.1 Å². The lowest BCUT2D eigenvalue weighted by molar-refractivity contribution is 0.0896. The van der Waals surface area contributed by atoms with Gasteiger partial charge in [0.2, 0.25) is 0 Å². The Morgan fingerprint density at radius 1 is 1.21 bits per heavy atom. The fourth-order valence-corrected chi connectivity index (χ4v) is 4.07. The van der Waals surface area contributed by atoms with Crippen LogP contribution in [0.2, 0.25) is 0 Å². The fraction of sp³-hybridized carbons (Fsp3) is 0.409. The molecule has 4 rings (SSSR count). The van der Waals surface area contributed by atoms with Gasteiger partial charge in [0.25, 0.3) is 5.91 Å². The highest BCUT2D eigenvalue weighted by Gasteiger charge is 2.25. The Bertz CT molecular complexity index is 973. The van der Waals surface area contributed by atoms with Crippen LogP contribution in [0.3, 0.4) is 0 Å². The van der Waals surface area contributed by atoms with Crippen molar-refractivity contribution >= 4 is 16.9 Å². The summed E-state index contributed by atoms with van der Waals surface area (Å²) in [5, 5.41) is 8.50. The summed E-state index contributed by atoms with van der Waals surface area (Å²) in [5.74, 6) is -0.0489. The highest BCUT2D eigenvalue weighted by atomic mass is 16.1. The molecule has 1 aliphatic heterocycles. The first-order chi connectivity index (χ1) is 13.5. The average molecular weight is 377 g/mol. The third-order valence-electron chi connectivity index (χ3n) is 5.82. The van der Waals surface area contributed by atoms with Gasteiger partial charge in [0.05, 0.1) is 11.3 Å². The Morgan fingerprint density at radius 2 is 1.93 bits per heavy atom. The Morgan fingerprint density at radius 3 is 2.64 bits per heavy atom. The van der Waals surface area contributed by atoms with Crippen LogP contribution in [0.1, 0.15) is 47.4 Å². The summed E-state index contributed by atoms with van der Waals surface area (Å²) in [6, 6.07) is 13.1. The maximum absolute atomic E-state index is 12.7. The molecule has 0 spiro atoms. The standard InChI is InChI=1S/C22H27N5O/c1-15-20-13-18(14-23-21(20)26(3)25-15)22(28)24-19-9-11-27(12-10-19)16(2)17-7-5-4-6-8-17/h4-8,13-14,16,19H,9-12H2,1-3H3,(H,24,28)/t16-/m0/s1. The quantitative estimate of drug-likeness (QED) is 0.758. The van der Waals surface area contributed by atoms with E-state index in [9.17, 15) is 4.79 Å². The van der Waals surface area contributed by atoms with Crippen molar-refractivity contribution in [1.29, 1.82) is 0 Å². The second-order valence-corrected chi connectivity index (χ2v) is 7.67. The van der Waals surface area contributed by atoms with Crippen LogP contribution in [-0.4, -0.2) is 44.7 Å². The SMILES string of the molecule is Cc1nn(C)c2ncc(C(=O)NC3CCN([C@@H](C)c4ccccc4)CC3)cc12. The van der Waals surface area contributed by atoms with Gasteiger partial charge < -0.3 is 5.32 Å². The third-order valence-corrected chi connectivity index (χ3v) is 5.82. The number of hydrogen-bond acceptors (Lipinski definition) is 4. The predicted octanol–water partition coefficient (Wildman–Crippen LogP) is 3.23. The largest absolute Gasteiger partial charge is 0.349 e. The van der Waals surface area contributed by atoms with Crippen molar-refractivity contribution in [2.45, 2.75) is 38.8 Å². The molecular weight excluding hydrogens is 350 g/mol. The van der Waals surface area contributed by atoms with Crippen LogP contribution in [0.15, 0.2) is 42.6 Å². The normalized spacial score (nSPS) is 17.0. The summed E-state index contributed by atoms with van der Waals surface area (Å²) in [7, 11) is 1.87. The van der Waals surface area contributed by atoms with Crippen LogP contribution >= 0.6 is 0 Å². The van der Waals surface area contributed by atoms with Crippen LogP contribution in [0.5, 0.6) is 0 Å². The maximum Gasteiger partial charge on any atom is 0.253 e. The molecule has 1 aliphatic rings. The second kappa shape index (κ2) is 7.72. The molecule has 1 amide bonds. The highest BCUT2D eigenvalue weighted by Crippen LogP contribution is 2.24. The number of aromatic nitrogens is 3. The van der Waals surface area contributed by atoms with E-state index >= 15 is 0 Å². The molecule has 146 valence electrons. The van der Waals surface area contributed by atoms with Crippen LogP contribution in [0, 0.1) is 6.92 Å². The summed E-state index contributed by atoms with van der Waals surface area (Å²) >= 11 is 0. The number of benzene rings is 1. The molecular formula is C22H27N5O. The molecule has 1 fully saturated rings. The predicted molar refractivity (Wildman–Crippen MR) is 110 cm³/mol. The van der Waals surface area contributed by atoms with E-state index in [1.54, 1.807) is 10.9 Å². The molecule has 0 bridgehead atoms. The van der Waals surface area contributed by atoms with Gasteiger partial charge in [-0.3, -0.25) is 14.4 Å². The van der Waals surface area contributed by atoms with Crippen molar-refractivity contribution in [1.82, 2.24) is 25.0 Å². The number of nitrogens with one attached hydrogen (secondary N) is 1. The first-order valence-corrected chi connectivity index (χ1v) is 9.92. The van der Waals surface area contributed by atoms with Gasteiger partial charge in [-0.1, -0.05) is 30.3 Å². The van der Waals surface area contributed by atoms with E-state index in [0.717, 1.165) is 42.7 Å². The minimum atomic E-state index is -0.0489. The number of carbonyl (C=O) groups excluding carboxylic acids is 1. The Labute approximate surface area is 165 Å². The van der Waals surface area contributed by atoms with Crippen molar-refractivity contribution in [2.24, 2.45) is 7.05 Å². The minimum Gasteiger partial charge on any atom is -0.349 e. The Hall–Kier alpha value is -2.73. The van der Waals surface area contributed by atoms with Crippen LogP contribution in [0.4, 0.5) is 0 Å². The van der Waals surface area contributed by atoms with Gasteiger partial charge in [0, 0.05) is 43.8 Å². The lowest BCUT2D eigenvalue weighted by Gasteiger charge is -2.36. The zero-order chi connectivity index (χ0) is 19.7. The molecule has 1 atom stereocenters.